The average molecular weight is 270 g/mol. The Morgan fingerprint density at radius 2 is 2.30 bits per heavy atom. The number of nitrogens with one attached hydrogen (secondary N) is 1. The molecule has 0 fully saturated rings. The largest absolute Gasteiger partial charge is 0.384 e. The summed E-state index contributed by atoms with van der Waals surface area (Å²) in [5, 5.41) is 15.5. The monoisotopic (exact) mass is 270 g/mol. The number of benzene rings is 1. The van der Waals surface area contributed by atoms with Crippen LogP contribution in [0.4, 0.5) is 5.69 Å². The highest BCUT2D eigenvalue weighted by Crippen LogP contribution is 2.15. The van der Waals surface area contributed by atoms with Crippen LogP contribution in [0.3, 0.4) is 0 Å². The molecule has 1 unspecified atom stereocenters. The third kappa shape index (κ3) is 3.22. The van der Waals surface area contributed by atoms with Crippen LogP contribution in [0, 0.1) is 11.8 Å². The Morgan fingerprint density at radius 3 is 3.00 bits per heavy atom. The number of para-hydroxylation sites is 1. The Kier molecular flexibility index (Phi) is 4.47. The van der Waals surface area contributed by atoms with Crippen molar-refractivity contribution in [3.05, 3.63) is 42.5 Å². The number of hydrogen-bond donors (Lipinski definition) is 2. The Bertz CT molecular complexity index is 641. The van der Waals surface area contributed by atoms with E-state index in [0.717, 1.165) is 0 Å². The van der Waals surface area contributed by atoms with Gasteiger partial charge in [0.25, 0.3) is 0 Å². The second kappa shape index (κ2) is 6.50. The number of carbonyl (C=O) groups excluding carboxylic acids is 1. The Labute approximate surface area is 116 Å². The second-order valence-electron chi connectivity index (χ2n) is 4.05. The molecular formula is C14H14N4O2. The molecule has 2 rings (SSSR count). The van der Waals surface area contributed by atoms with Gasteiger partial charge in [0.1, 0.15) is 25.3 Å². The van der Waals surface area contributed by atoms with E-state index in [0.29, 0.717) is 11.3 Å². The summed E-state index contributed by atoms with van der Waals surface area (Å²) in [5.74, 6) is 5.14. The highest BCUT2D eigenvalue weighted by molar-refractivity contribution is 5.94. The van der Waals surface area contributed by atoms with Gasteiger partial charge in [-0.3, -0.25) is 4.79 Å². The number of aromatic nitrogens is 3. The Morgan fingerprint density at radius 1 is 1.50 bits per heavy atom. The van der Waals surface area contributed by atoms with Gasteiger partial charge in [0.15, 0.2) is 0 Å². The number of anilines is 1. The fourth-order valence-electron chi connectivity index (χ4n) is 1.61. The van der Waals surface area contributed by atoms with Gasteiger partial charge in [-0.05, 0) is 19.1 Å². The predicted octanol–water partition coefficient (Wildman–Crippen LogP) is 0.822. The third-order valence-corrected chi connectivity index (χ3v) is 2.70. The highest BCUT2D eigenvalue weighted by Gasteiger charge is 2.16. The summed E-state index contributed by atoms with van der Waals surface area (Å²) in [7, 11) is 0. The van der Waals surface area contributed by atoms with Crippen molar-refractivity contribution in [3.8, 4) is 11.8 Å². The number of hydrogen-bond acceptors (Lipinski definition) is 4. The lowest BCUT2D eigenvalue weighted by Crippen LogP contribution is -2.24. The summed E-state index contributed by atoms with van der Waals surface area (Å²) < 4.78 is 1.47. The third-order valence-electron chi connectivity index (χ3n) is 2.70. The lowest BCUT2D eigenvalue weighted by molar-refractivity contribution is -0.119. The number of aliphatic hydroxyl groups is 1. The van der Waals surface area contributed by atoms with Crippen molar-refractivity contribution < 1.29 is 9.90 Å². The highest BCUT2D eigenvalue weighted by atomic mass is 16.2. The molecule has 0 saturated heterocycles. The summed E-state index contributed by atoms with van der Waals surface area (Å²) in [6.45, 7) is 1.50. The maximum absolute atomic E-state index is 12.1. The first-order valence-corrected chi connectivity index (χ1v) is 6.06. The van der Waals surface area contributed by atoms with E-state index in [4.69, 9.17) is 5.11 Å². The number of amides is 1. The van der Waals surface area contributed by atoms with Gasteiger partial charge in [0, 0.05) is 5.56 Å². The summed E-state index contributed by atoms with van der Waals surface area (Å²) in [6.07, 6.45) is 2.87. The maximum atomic E-state index is 12.1. The minimum Gasteiger partial charge on any atom is -0.384 e. The van der Waals surface area contributed by atoms with Gasteiger partial charge in [-0.1, -0.05) is 24.0 Å². The first kappa shape index (κ1) is 13.8. The summed E-state index contributed by atoms with van der Waals surface area (Å²) in [6, 6.07) is 6.68. The van der Waals surface area contributed by atoms with E-state index < -0.39 is 6.04 Å². The van der Waals surface area contributed by atoms with E-state index in [-0.39, 0.29) is 12.5 Å². The van der Waals surface area contributed by atoms with Gasteiger partial charge in [0.2, 0.25) is 5.91 Å². The van der Waals surface area contributed by atoms with Crippen LogP contribution in [0.15, 0.2) is 36.9 Å². The van der Waals surface area contributed by atoms with Crippen LogP contribution in [0.1, 0.15) is 18.5 Å². The molecule has 1 heterocycles. The zero-order valence-corrected chi connectivity index (χ0v) is 10.9. The molecule has 2 aromatic rings. The SMILES string of the molecule is CC(C(=O)Nc1ccccc1C#CCO)n1cncn1. The van der Waals surface area contributed by atoms with Crippen LogP contribution < -0.4 is 5.32 Å². The van der Waals surface area contributed by atoms with E-state index in [1.165, 1.54) is 17.3 Å². The van der Waals surface area contributed by atoms with Gasteiger partial charge in [-0.2, -0.15) is 5.10 Å². The van der Waals surface area contributed by atoms with Crippen molar-refractivity contribution in [2.75, 3.05) is 11.9 Å². The molecule has 0 radical (unpaired) electrons. The summed E-state index contributed by atoms with van der Waals surface area (Å²) >= 11 is 0. The summed E-state index contributed by atoms with van der Waals surface area (Å²) in [4.78, 5) is 16.0. The number of aliphatic hydroxyl groups excluding tert-OH is 1. The fourth-order valence-corrected chi connectivity index (χ4v) is 1.61. The molecule has 102 valence electrons. The van der Waals surface area contributed by atoms with Crippen molar-refractivity contribution in [1.82, 2.24) is 14.8 Å². The van der Waals surface area contributed by atoms with Gasteiger partial charge < -0.3 is 10.4 Å². The molecule has 1 amide bonds. The molecule has 2 N–H and O–H groups in total. The minimum atomic E-state index is -0.476. The topological polar surface area (TPSA) is 80.0 Å². The lowest BCUT2D eigenvalue weighted by atomic mass is 10.1. The Balaban J connectivity index is 2.16. The Hall–Kier alpha value is -2.65. The molecule has 0 aliphatic rings. The lowest BCUT2D eigenvalue weighted by Gasteiger charge is -2.13. The van der Waals surface area contributed by atoms with Gasteiger partial charge in [-0.15, -0.1) is 0 Å². The molecule has 0 saturated carbocycles. The van der Waals surface area contributed by atoms with E-state index in [1.54, 1.807) is 25.1 Å². The van der Waals surface area contributed by atoms with E-state index >= 15 is 0 Å². The summed E-state index contributed by atoms with van der Waals surface area (Å²) in [5.41, 5.74) is 1.26. The normalized spacial score (nSPS) is 11.3. The molecule has 20 heavy (non-hydrogen) atoms. The van der Waals surface area contributed by atoms with Crippen LogP contribution in [0.5, 0.6) is 0 Å². The van der Waals surface area contributed by atoms with Crippen LogP contribution in [0.2, 0.25) is 0 Å². The molecule has 0 aliphatic heterocycles. The standard InChI is InChI=1S/C14H14N4O2/c1-11(18-10-15-9-16-18)14(20)17-13-7-3-2-5-12(13)6-4-8-19/h2-3,5,7,9-11,19H,8H2,1H3,(H,17,20). The van der Waals surface area contributed by atoms with E-state index in [2.05, 4.69) is 27.2 Å². The number of nitrogens with zero attached hydrogens (tertiary/aromatic N) is 3. The minimum absolute atomic E-state index is 0.214. The molecule has 1 aromatic carbocycles. The molecule has 0 spiro atoms. The number of rotatable bonds is 3. The molecule has 1 aromatic heterocycles. The zero-order chi connectivity index (χ0) is 14.4. The van der Waals surface area contributed by atoms with Crippen molar-refractivity contribution in [2.45, 2.75) is 13.0 Å². The van der Waals surface area contributed by atoms with Crippen molar-refractivity contribution in [1.29, 1.82) is 0 Å². The molecule has 6 heteroatoms. The average Bonchev–Trinajstić information content (AvgIpc) is 2.99. The molecular weight excluding hydrogens is 256 g/mol. The van der Waals surface area contributed by atoms with Crippen LogP contribution in [-0.2, 0) is 4.79 Å². The van der Waals surface area contributed by atoms with Gasteiger partial charge >= 0.3 is 0 Å². The smallest absolute Gasteiger partial charge is 0.249 e. The fraction of sp³-hybridized carbons (Fsp3) is 0.214. The van der Waals surface area contributed by atoms with Crippen LogP contribution >= 0.6 is 0 Å². The van der Waals surface area contributed by atoms with Crippen LogP contribution in [-0.4, -0.2) is 32.4 Å². The second-order valence-corrected chi connectivity index (χ2v) is 4.05. The van der Waals surface area contributed by atoms with Crippen LogP contribution in [0.25, 0.3) is 0 Å². The molecule has 0 aliphatic carbocycles. The number of carbonyl (C=O) groups is 1. The van der Waals surface area contributed by atoms with Gasteiger partial charge in [-0.25, -0.2) is 9.67 Å². The van der Waals surface area contributed by atoms with Gasteiger partial charge in [0.05, 0.1) is 5.69 Å². The molecule has 0 bridgehead atoms. The molecule has 6 nitrogen and oxygen atoms in total. The van der Waals surface area contributed by atoms with E-state index in [9.17, 15) is 4.79 Å². The predicted molar refractivity (Wildman–Crippen MR) is 73.8 cm³/mol. The maximum Gasteiger partial charge on any atom is 0.249 e. The quantitative estimate of drug-likeness (QED) is 0.809. The zero-order valence-electron chi connectivity index (χ0n) is 10.9. The first-order chi connectivity index (χ1) is 9.72. The first-order valence-electron chi connectivity index (χ1n) is 6.06. The van der Waals surface area contributed by atoms with Crippen molar-refractivity contribution in [3.63, 3.8) is 0 Å². The molecule has 1 atom stereocenters. The van der Waals surface area contributed by atoms with E-state index in [1.807, 2.05) is 6.07 Å². The van der Waals surface area contributed by atoms with Crippen molar-refractivity contribution in [2.24, 2.45) is 0 Å². The van der Waals surface area contributed by atoms with Crippen molar-refractivity contribution >= 4 is 11.6 Å².